The number of imidazole rings is 1. The van der Waals surface area contributed by atoms with Gasteiger partial charge in [0.25, 0.3) is 0 Å². The number of aryl methyl sites for hydroxylation is 2. The monoisotopic (exact) mass is 263 g/mol. The zero-order chi connectivity index (χ0) is 13.8. The van der Waals surface area contributed by atoms with E-state index in [9.17, 15) is 4.79 Å². The fourth-order valence-electron chi connectivity index (χ4n) is 1.83. The minimum Gasteiger partial charge on any atom is -0.461 e. The third kappa shape index (κ3) is 2.49. The third-order valence-electron chi connectivity index (χ3n) is 2.67. The second-order valence-corrected chi connectivity index (χ2v) is 4.09. The van der Waals surface area contributed by atoms with Gasteiger partial charge in [0.15, 0.2) is 5.82 Å². The molecule has 0 aliphatic heterocycles. The molecule has 0 aliphatic carbocycles. The molecular weight excluding hydrogens is 246 g/mol. The number of esters is 1. The summed E-state index contributed by atoms with van der Waals surface area (Å²) < 4.78 is 8.52. The number of rotatable bonds is 5. The Kier molecular flexibility index (Phi) is 3.94. The highest BCUT2D eigenvalue weighted by atomic mass is 16.5. The molecule has 0 saturated carbocycles. The Morgan fingerprint density at radius 2 is 2.21 bits per heavy atom. The van der Waals surface area contributed by atoms with Gasteiger partial charge in [-0.3, -0.25) is 0 Å². The van der Waals surface area contributed by atoms with Gasteiger partial charge in [0, 0.05) is 26.0 Å². The second kappa shape index (κ2) is 5.64. The lowest BCUT2D eigenvalue weighted by Crippen LogP contribution is -2.10. The molecule has 102 valence electrons. The van der Waals surface area contributed by atoms with Crippen LogP contribution in [0.15, 0.2) is 12.4 Å². The molecule has 2 aromatic heterocycles. The predicted molar refractivity (Wildman–Crippen MR) is 68.5 cm³/mol. The van der Waals surface area contributed by atoms with Crippen LogP contribution in [0, 0.1) is 0 Å². The predicted octanol–water partition coefficient (Wildman–Crippen LogP) is 1.27. The standard InChI is InChI=1S/C12H17N5O2/c1-4-7-17-10(11-13-6-8-16(11)3)9(14-15-17)12(18)19-5-2/h6,8H,4-5,7H2,1-3H3. The zero-order valence-corrected chi connectivity index (χ0v) is 11.3. The first-order chi connectivity index (χ1) is 9.19. The lowest BCUT2D eigenvalue weighted by molar-refractivity contribution is 0.0520. The second-order valence-electron chi connectivity index (χ2n) is 4.09. The number of carbonyl (C=O) groups excluding carboxylic acids is 1. The molecule has 0 saturated heterocycles. The van der Waals surface area contributed by atoms with E-state index in [4.69, 9.17) is 4.74 Å². The fraction of sp³-hybridized carbons (Fsp3) is 0.500. The highest BCUT2D eigenvalue weighted by molar-refractivity contribution is 5.93. The molecule has 0 bridgehead atoms. The van der Waals surface area contributed by atoms with Crippen LogP contribution in [0.2, 0.25) is 0 Å². The maximum atomic E-state index is 11.9. The average Bonchev–Trinajstić information content (AvgIpc) is 2.96. The third-order valence-corrected chi connectivity index (χ3v) is 2.67. The van der Waals surface area contributed by atoms with Crippen molar-refractivity contribution in [3.63, 3.8) is 0 Å². The normalized spacial score (nSPS) is 10.7. The molecule has 0 fully saturated rings. The molecule has 0 unspecified atom stereocenters. The Labute approximate surface area is 111 Å². The Morgan fingerprint density at radius 1 is 1.42 bits per heavy atom. The summed E-state index contributed by atoms with van der Waals surface area (Å²) in [5, 5.41) is 7.95. The largest absolute Gasteiger partial charge is 0.461 e. The van der Waals surface area contributed by atoms with Crippen molar-refractivity contribution < 1.29 is 9.53 Å². The van der Waals surface area contributed by atoms with Gasteiger partial charge in [-0.1, -0.05) is 12.1 Å². The number of aromatic nitrogens is 5. The topological polar surface area (TPSA) is 74.8 Å². The van der Waals surface area contributed by atoms with Gasteiger partial charge in [0.05, 0.1) is 6.61 Å². The van der Waals surface area contributed by atoms with Crippen LogP contribution >= 0.6 is 0 Å². The highest BCUT2D eigenvalue weighted by Gasteiger charge is 2.24. The van der Waals surface area contributed by atoms with Crippen LogP contribution < -0.4 is 0 Å². The summed E-state index contributed by atoms with van der Waals surface area (Å²) in [5.74, 6) is 0.185. The van der Waals surface area contributed by atoms with Gasteiger partial charge in [-0.15, -0.1) is 5.10 Å². The summed E-state index contributed by atoms with van der Waals surface area (Å²) in [6.07, 6.45) is 4.38. The van der Waals surface area contributed by atoms with E-state index in [1.54, 1.807) is 17.8 Å². The van der Waals surface area contributed by atoms with E-state index in [-0.39, 0.29) is 5.69 Å². The number of ether oxygens (including phenoxy) is 1. The molecule has 0 atom stereocenters. The van der Waals surface area contributed by atoms with Gasteiger partial charge < -0.3 is 9.30 Å². The first-order valence-electron chi connectivity index (χ1n) is 6.27. The van der Waals surface area contributed by atoms with Crippen molar-refractivity contribution in [1.82, 2.24) is 24.5 Å². The minimum absolute atomic E-state index is 0.213. The van der Waals surface area contributed by atoms with Crippen LogP contribution in [-0.4, -0.2) is 37.1 Å². The Morgan fingerprint density at radius 3 is 2.79 bits per heavy atom. The molecule has 0 N–H and O–H groups in total. The molecule has 0 aromatic carbocycles. The summed E-state index contributed by atoms with van der Waals surface area (Å²) in [4.78, 5) is 16.2. The fourth-order valence-corrected chi connectivity index (χ4v) is 1.83. The quantitative estimate of drug-likeness (QED) is 0.759. The van der Waals surface area contributed by atoms with E-state index in [1.165, 1.54) is 0 Å². The minimum atomic E-state index is -0.470. The Balaban J connectivity index is 2.51. The van der Waals surface area contributed by atoms with Crippen molar-refractivity contribution in [2.45, 2.75) is 26.8 Å². The van der Waals surface area contributed by atoms with Crippen LogP contribution in [0.1, 0.15) is 30.8 Å². The van der Waals surface area contributed by atoms with E-state index in [2.05, 4.69) is 15.3 Å². The van der Waals surface area contributed by atoms with Gasteiger partial charge in [0.1, 0.15) is 5.69 Å². The van der Waals surface area contributed by atoms with E-state index in [0.29, 0.717) is 24.7 Å². The molecule has 0 radical (unpaired) electrons. The van der Waals surface area contributed by atoms with Crippen LogP contribution in [0.25, 0.3) is 11.5 Å². The number of carbonyl (C=O) groups is 1. The molecule has 2 heterocycles. The maximum Gasteiger partial charge on any atom is 0.361 e. The van der Waals surface area contributed by atoms with Crippen LogP contribution in [0.3, 0.4) is 0 Å². The lowest BCUT2D eigenvalue weighted by atomic mass is 10.3. The summed E-state index contributed by atoms with van der Waals surface area (Å²) in [6.45, 7) is 4.77. The molecule has 2 rings (SSSR count). The zero-order valence-electron chi connectivity index (χ0n) is 11.3. The Hall–Kier alpha value is -2.18. The number of hydrogen-bond donors (Lipinski definition) is 0. The van der Waals surface area contributed by atoms with E-state index in [1.807, 2.05) is 24.7 Å². The Bertz CT molecular complexity index is 572. The van der Waals surface area contributed by atoms with Crippen LogP contribution in [0.4, 0.5) is 0 Å². The van der Waals surface area contributed by atoms with E-state index < -0.39 is 5.97 Å². The SMILES string of the molecule is CCCn1nnc(C(=O)OCC)c1-c1nccn1C. The van der Waals surface area contributed by atoms with Crippen molar-refractivity contribution in [2.24, 2.45) is 7.05 Å². The summed E-state index contributed by atoms with van der Waals surface area (Å²) in [6, 6.07) is 0. The van der Waals surface area contributed by atoms with Crippen molar-refractivity contribution in [3.05, 3.63) is 18.1 Å². The van der Waals surface area contributed by atoms with Crippen molar-refractivity contribution >= 4 is 5.97 Å². The molecule has 0 spiro atoms. The van der Waals surface area contributed by atoms with Crippen LogP contribution in [-0.2, 0) is 18.3 Å². The molecular formula is C12H17N5O2. The van der Waals surface area contributed by atoms with Gasteiger partial charge in [-0.25, -0.2) is 14.5 Å². The highest BCUT2D eigenvalue weighted by Crippen LogP contribution is 2.21. The first kappa shape index (κ1) is 13.3. The van der Waals surface area contributed by atoms with E-state index in [0.717, 1.165) is 6.42 Å². The van der Waals surface area contributed by atoms with Gasteiger partial charge in [-0.05, 0) is 13.3 Å². The molecule has 2 aromatic rings. The first-order valence-corrected chi connectivity index (χ1v) is 6.27. The van der Waals surface area contributed by atoms with Gasteiger partial charge in [-0.2, -0.15) is 0 Å². The molecule has 7 nitrogen and oxygen atoms in total. The average molecular weight is 263 g/mol. The summed E-state index contributed by atoms with van der Waals surface area (Å²) in [7, 11) is 1.86. The molecule has 7 heteroatoms. The maximum absolute atomic E-state index is 11.9. The summed E-state index contributed by atoms with van der Waals surface area (Å²) in [5.41, 5.74) is 0.817. The van der Waals surface area contributed by atoms with Crippen molar-refractivity contribution in [2.75, 3.05) is 6.61 Å². The van der Waals surface area contributed by atoms with Crippen molar-refractivity contribution in [1.29, 1.82) is 0 Å². The molecule has 0 aliphatic rings. The van der Waals surface area contributed by atoms with Crippen molar-refractivity contribution in [3.8, 4) is 11.5 Å². The van der Waals surface area contributed by atoms with Gasteiger partial charge in [0.2, 0.25) is 5.69 Å². The van der Waals surface area contributed by atoms with Gasteiger partial charge >= 0.3 is 5.97 Å². The van der Waals surface area contributed by atoms with E-state index >= 15 is 0 Å². The number of hydrogen-bond acceptors (Lipinski definition) is 5. The molecule has 0 amide bonds. The number of nitrogens with zero attached hydrogens (tertiary/aromatic N) is 5. The van der Waals surface area contributed by atoms with Crippen LogP contribution in [0.5, 0.6) is 0 Å². The smallest absolute Gasteiger partial charge is 0.361 e. The lowest BCUT2D eigenvalue weighted by Gasteiger charge is -2.06. The summed E-state index contributed by atoms with van der Waals surface area (Å²) >= 11 is 0. The molecule has 19 heavy (non-hydrogen) atoms.